The number of rotatable bonds is 4. The third-order valence-electron chi connectivity index (χ3n) is 3.63. The monoisotopic (exact) mass is 257 g/mol. The summed E-state index contributed by atoms with van der Waals surface area (Å²) in [5, 5.41) is 4.35. The van der Waals surface area contributed by atoms with Crippen molar-refractivity contribution in [1.82, 2.24) is 5.32 Å². The van der Waals surface area contributed by atoms with Crippen LogP contribution in [0, 0.1) is 0 Å². The number of fused-ring (bicyclic) bond motifs is 1. The molecule has 2 aromatic rings. The zero-order valence-electron chi connectivity index (χ0n) is 10.2. The van der Waals surface area contributed by atoms with Crippen molar-refractivity contribution >= 4 is 11.6 Å². The fourth-order valence-electron chi connectivity index (χ4n) is 2.57. The average molecular weight is 258 g/mol. The normalized spacial score (nSPS) is 17.1. The number of halogens is 1. The number of hydrogen-bond donors (Lipinski definition) is 1. The van der Waals surface area contributed by atoms with Crippen LogP contribution >= 0.6 is 11.6 Å². The maximum atomic E-state index is 6.13. The van der Waals surface area contributed by atoms with Crippen LogP contribution in [0.25, 0.3) is 0 Å². The molecule has 2 aromatic carbocycles. The maximum Gasteiger partial charge on any atom is 0.0450 e. The molecule has 0 saturated carbocycles. The lowest BCUT2D eigenvalue weighted by Crippen LogP contribution is -2.28. The van der Waals surface area contributed by atoms with Crippen molar-refractivity contribution in [2.24, 2.45) is 0 Å². The van der Waals surface area contributed by atoms with Crippen molar-refractivity contribution in [2.45, 2.75) is 18.9 Å². The minimum Gasteiger partial charge on any atom is -0.312 e. The minimum atomic E-state index is 0.670. The van der Waals surface area contributed by atoms with Gasteiger partial charge < -0.3 is 5.32 Å². The maximum absolute atomic E-state index is 6.13. The molecule has 0 heterocycles. The van der Waals surface area contributed by atoms with Gasteiger partial charge in [0, 0.05) is 24.0 Å². The Bertz CT molecular complexity index is 550. The van der Waals surface area contributed by atoms with Gasteiger partial charge in [0.25, 0.3) is 0 Å². The molecule has 0 bridgehead atoms. The molecule has 0 spiro atoms. The number of hydrogen-bond acceptors (Lipinski definition) is 1. The largest absolute Gasteiger partial charge is 0.312 e. The zero-order chi connectivity index (χ0) is 12.4. The molecular formula is C16H16ClN. The lowest BCUT2D eigenvalue weighted by atomic mass is 9.77. The Morgan fingerprint density at radius 3 is 2.67 bits per heavy atom. The second-order valence-corrected chi connectivity index (χ2v) is 5.23. The molecule has 0 fully saturated rings. The van der Waals surface area contributed by atoms with Gasteiger partial charge in [-0.1, -0.05) is 54.1 Å². The smallest absolute Gasteiger partial charge is 0.0450 e. The highest BCUT2D eigenvalue weighted by Gasteiger charge is 2.24. The lowest BCUT2D eigenvalue weighted by Gasteiger charge is -2.30. The van der Waals surface area contributed by atoms with Crippen molar-refractivity contribution in [3.8, 4) is 0 Å². The van der Waals surface area contributed by atoms with E-state index in [0.717, 1.165) is 18.1 Å². The van der Waals surface area contributed by atoms with E-state index in [4.69, 9.17) is 11.6 Å². The Balaban J connectivity index is 1.54. The summed E-state index contributed by atoms with van der Waals surface area (Å²) in [6.45, 7) is 1.88. The molecule has 92 valence electrons. The van der Waals surface area contributed by atoms with E-state index in [1.807, 2.05) is 18.2 Å². The van der Waals surface area contributed by atoms with Crippen LogP contribution in [-0.2, 0) is 13.0 Å². The molecule has 1 aliphatic carbocycles. The van der Waals surface area contributed by atoms with Gasteiger partial charge in [-0.3, -0.25) is 0 Å². The number of nitrogens with one attached hydrogen (secondary N) is 1. The van der Waals surface area contributed by atoms with Crippen LogP contribution in [-0.4, -0.2) is 6.54 Å². The summed E-state index contributed by atoms with van der Waals surface area (Å²) in [5.41, 5.74) is 4.18. The minimum absolute atomic E-state index is 0.670. The van der Waals surface area contributed by atoms with Crippen LogP contribution in [0.1, 0.15) is 22.6 Å². The van der Waals surface area contributed by atoms with Crippen LogP contribution in [0.5, 0.6) is 0 Å². The van der Waals surface area contributed by atoms with Crippen LogP contribution in [0.3, 0.4) is 0 Å². The Morgan fingerprint density at radius 1 is 1.06 bits per heavy atom. The molecule has 1 unspecified atom stereocenters. The van der Waals surface area contributed by atoms with E-state index in [1.165, 1.54) is 23.1 Å². The van der Waals surface area contributed by atoms with Crippen LogP contribution in [0.4, 0.5) is 0 Å². The van der Waals surface area contributed by atoms with Crippen LogP contribution in [0.2, 0.25) is 5.02 Å². The Kier molecular flexibility index (Phi) is 3.35. The summed E-state index contributed by atoms with van der Waals surface area (Å²) in [6, 6.07) is 16.7. The van der Waals surface area contributed by atoms with Crippen molar-refractivity contribution in [1.29, 1.82) is 0 Å². The quantitative estimate of drug-likeness (QED) is 0.879. The van der Waals surface area contributed by atoms with E-state index in [1.54, 1.807) is 0 Å². The van der Waals surface area contributed by atoms with E-state index >= 15 is 0 Å². The van der Waals surface area contributed by atoms with Crippen LogP contribution < -0.4 is 5.32 Å². The van der Waals surface area contributed by atoms with E-state index in [0.29, 0.717) is 5.92 Å². The van der Waals surface area contributed by atoms with Gasteiger partial charge in [0.15, 0.2) is 0 Å². The van der Waals surface area contributed by atoms with E-state index in [9.17, 15) is 0 Å². The first-order valence-corrected chi connectivity index (χ1v) is 6.74. The molecule has 2 heteroatoms. The molecule has 0 saturated heterocycles. The average Bonchev–Trinajstić information content (AvgIpc) is 2.37. The second kappa shape index (κ2) is 5.13. The Labute approximate surface area is 113 Å². The predicted molar refractivity (Wildman–Crippen MR) is 76.0 cm³/mol. The van der Waals surface area contributed by atoms with Crippen LogP contribution in [0.15, 0.2) is 48.5 Å². The van der Waals surface area contributed by atoms with Crippen molar-refractivity contribution < 1.29 is 0 Å². The summed E-state index contributed by atoms with van der Waals surface area (Å²) in [6.07, 6.45) is 1.20. The predicted octanol–water partition coefficient (Wildman–Crippen LogP) is 3.77. The first-order chi connectivity index (χ1) is 8.84. The van der Waals surface area contributed by atoms with Gasteiger partial charge in [-0.15, -0.1) is 0 Å². The highest BCUT2D eigenvalue weighted by atomic mass is 35.5. The molecule has 1 atom stereocenters. The molecule has 1 N–H and O–H groups in total. The first-order valence-electron chi connectivity index (χ1n) is 6.36. The van der Waals surface area contributed by atoms with Crippen molar-refractivity contribution in [2.75, 3.05) is 6.54 Å². The van der Waals surface area contributed by atoms with Gasteiger partial charge in [0.05, 0.1) is 0 Å². The van der Waals surface area contributed by atoms with Gasteiger partial charge in [-0.25, -0.2) is 0 Å². The van der Waals surface area contributed by atoms with E-state index in [2.05, 4.69) is 35.6 Å². The molecule has 1 aliphatic rings. The van der Waals surface area contributed by atoms with Gasteiger partial charge in [-0.2, -0.15) is 0 Å². The van der Waals surface area contributed by atoms with Gasteiger partial charge in [0.2, 0.25) is 0 Å². The third kappa shape index (κ3) is 2.29. The Hall–Kier alpha value is -1.31. The Morgan fingerprint density at radius 2 is 1.83 bits per heavy atom. The standard InChI is InChI=1S/C16H16ClN/c17-16-8-4-2-6-13(16)10-18-11-14-9-12-5-1-3-7-15(12)14/h1-8,14,18H,9-11H2. The molecular weight excluding hydrogens is 242 g/mol. The molecule has 0 aromatic heterocycles. The lowest BCUT2D eigenvalue weighted by molar-refractivity contribution is 0.536. The van der Waals surface area contributed by atoms with Gasteiger partial charge >= 0.3 is 0 Å². The summed E-state index contributed by atoms with van der Waals surface area (Å²) < 4.78 is 0. The van der Waals surface area contributed by atoms with Gasteiger partial charge in [0.1, 0.15) is 0 Å². The molecule has 18 heavy (non-hydrogen) atoms. The fraction of sp³-hybridized carbons (Fsp3) is 0.250. The molecule has 0 amide bonds. The first kappa shape index (κ1) is 11.8. The summed E-state index contributed by atoms with van der Waals surface area (Å²) in [4.78, 5) is 0. The molecule has 0 radical (unpaired) electrons. The summed E-state index contributed by atoms with van der Waals surface area (Å²) in [7, 11) is 0. The topological polar surface area (TPSA) is 12.0 Å². The highest BCUT2D eigenvalue weighted by molar-refractivity contribution is 6.31. The molecule has 3 rings (SSSR count). The number of benzene rings is 2. The highest BCUT2D eigenvalue weighted by Crippen LogP contribution is 2.34. The van der Waals surface area contributed by atoms with Crippen molar-refractivity contribution in [3.05, 3.63) is 70.2 Å². The third-order valence-corrected chi connectivity index (χ3v) is 3.99. The zero-order valence-corrected chi connectivity index (χ0v) is 11.0. The molecule has 0 aliphatic heterocycles. The molecule has 1 nitrogen and oxygen atoms in total. The second-order valence-electron chi connectivity index (χ2n) is 4.82. The van der Waals surface area contributed by atoms with E-state index in [-0.39, 0.29) is 0 Å². The summed E-state index contributed by atoms with van der Waals surface area (Å²) >= 11 is 6.13. The summed E-state index contributed by atoms with van der Waals surface area (Å²) in [5.74, 6) is 0.670. The van der Waals surface area contributed by atoms with Gasteiger partial charge in [-0.05, 0) is 29.2 Å². The van der Waals surface area contributed by atoms with E-state index < -0.39 is 0 Å². The SMILES string of the molecule is Clc1ccccc1CNCC1Cc2ccccc21. The van der Waals surface area contributed by atoms with Crippen molar-refractivity contribution in [3.63, 3.8) is 0 Å². The fourth-order valence-corrected chi connectivity index (χ4v) is 2.77.